The Hall–Kier alpha value is -0.450. The maximum absolute atomic E-state index is 11.1. The standard InChI is InChI=1S/C12H22N2O2/c15-12-2-6-13(7-3-12)4-1-5-14-8-10-16-11-9-14/h1-11H2. The Labute approximate surface area is 97.5 Å². The molecule has 2 fully saturated rings. The van der Waals surface area contributed by atoms with E-state index in [2.05, 4.69) is 9.80 Å². The van der Waals surface area contributed by atoms with Gasteiger partial charge >= 0.3 is 0 Å². The smallest absolute Gasteiger partial charge is 0.135 e. The first-order chi connectivity index (χ1) is 7.84. The SMILES string of the molecule is O=C1CCN(CCCN2CCOCC2)CC1. The van der Waals surface area contributed by atoms with Crippen molar-refractivity contribution < 1.29 is 9.53 Å². The third-order valence-electron chi connectivity index (χ3n) is 3.47. The van der Waals surface area contributed by atoms with E-state index in [-0.39, 0.29) is 0 Å². The van der Waals surface area contributed by atoms with Crippen LogP contribution in [0.25, 0.3) is 0 Å². The van der Waals surface area contributed by atoms with E-state index >= 15 is 0 Å². The highest BCUT2D eigenvalue weighted by Crippen LogP contribution is 2.06. The monoisotopic (exact) mass is 226 g/mol. The molecule has 0 bridgehead atoms. The molecule has 2 heterocycles. The number of morpholine rings is 1. The van der Waals surface area contributed by atoms with Gasteiger partial charge in [-0.15, -0.1) is 0 Å². The van der Waals surface area contributed by atoms with Crippen LogP contribution in [0.2, 0.25) is 0 Å². The van der Waals surface area contributed by atoms with Gasteiger partial charge in [0.1, 0.15) is 5.78 Å². The van der Waals surface area contributed by atoms with Crippen molar-refractivity contribution in [3.05, 3.63) is 0 Å². The van der Waals surface area contributed by atoms with E-state index in [9.17, 15) is 4.79 Å². The highest BCUT2D eigenvalue weighted by atomic mass is 16.5. The molecule has 0 atom stereocenters. The minimum absolute atomic E-state index is 0.435. The fourth-order valence-corrected chi connectivity index (χ4v) is 2.37. The number of Topliss-reactive ketones (excluding diaryl/α,β-unsaturated/α-hetero) is 1. The first kappa shape index (κ1) is 12.0. The number of likely N-dealkylation sites (tertiary alicyclic amines) is 1. The summed E-state index contributed by atoms with van der Waals surface area (Å²) in [5.41, 5.74) is 0. The lowest BCUT2D eigenvalue weighted by Crippen LogP contribution is -2.39. The van der Waals surface area contributed by atoms with Crippen molar-refractivity contribution in [2.24, 2.45) is 0 Å². The Kier molecular flexibility index (Phi) is 4.75. The van der Waals surface area contributed by atoms with E-state index in [4.69, 9.17) is 4.74 Å². The van der Waals surface area contributed by atoms with Gasteiger partial charge < -0.3 is 9.64 Å². The Morgan fingerprint density at radius 3 is 2.12 bits per heavy atom. The van der Waals surface area contributed by atoms with Crippen LogP contribution in [0.5, 0.6) is 0 Å². The second kappa shape index (κ2) is 6.33. The minimum atomic E-state index is 0.435. The molecule has 0 unspecified atom stereocenters. The van der Waals surface area contributed by atoms with Gasteiger partial charge in [0.05, 0.1) is 13.2 Å². The third-order valence-corrected chi connectivity index (χ3v) is 3.47. The zero-order valence-corrected chi connectivity index (χ0v) is 9.99. The Morgan fingerprint density at radius 2 is 1.50 bits per heavy atom. The topological polar surface area (TPSA) is 32.8 Å². The minimum Gasteiger partial charge on any atom is -0.379 e. The molecule has 4 heteroatoms. The fraction of sp³-hybridized carbons (Fsp3) is 0.917. The van der Waals surface area contributed by atoms with Gasteiger partial charge in [-0.25, -0.2) is 0 Å². The van der Waals surface area contributed by atoms with E-state index in [0.717, 1.165) is 58.8 Å². The lowest BCUT2D eigenvalue weighted by atomic mass is 10.1. The summed E-state index contributed by atoms with van der Waals surface area (Å²) in [7, 11) is 0. The maximum Gasteiger partial charge on any atom is 0.135 e. The van der Waals surface area contributed by atoms with Crippen LogP contribution in [-0.4, -0.2) is 68.1 Å². The number of rotatable bonds is 4. The van der Waals surface area contributed by atoms with Gasteiger partial charge in [-0.05, 0) is 19.5 Å². The van der Waals surface area contributed by atoms with Crippen molar-refractivity contribution in [3.8, 4) is 0 Å². The van der Waals surface area contributed by atoms with Crippen molar-refractivity contribution in [2.45, 2.75) is 19.3 Å². The molecule has 2 rings (SSSR count). The van der Waals surface area contributed by atoms with Crippen molar-refractivity contribution in [1.29, 1.82) is 0 Å². The van der Waals surface area contributed by atoms with Gasteiger partial charge in [-0.2, -0.15) is 0 Å². The molecule has 0 radical (unpaired) electrons. The first-order valence-corrected chi connectivity index (χ1v) is 6.39. The first-order valence-electron chi connectivity index (χ1n) is 6.39. The van der Waals surface area contributed by atoms with Crippen LogP contribution in [0.3, 0.4) is 0 Å². The molecule has 0 spiro atoms. The van der Waals surface area contributed by atoms with Crippen molar-refractivity contribution in [2.75, 3.05) is 52.5 Å². The molecule has 0 aromatic heterocycles. The van der Waals surface area contributed by atoms with E-state index in [0.29, 0.717) is 5.78 Å². The molecule has 4 nitrogen and oxygen atoms in total. The van der Waals surface area contributed by atoms with Crippen LogP contribution in [-0.2, 0) is 9.53 Å². The zero-order valence-electron chi connectivity index (χ0n) is 9.99. The molecule has 0 aromatic carbocycles. The molecule has 0 saturated carbocycles. The number of hydrogen-bond donors (Lipinski definition) is 0. The molecule has 0 aliphatic carbocycles. The van der Waals surface area contributed by atoms with Crippen LogP contribution in [0.4, 0.5) is 0 Å². The predicted octanol–water partition coefficient (Wildman–Crippen LogP) is 0.374. The summed E-state index contributed by atoms with van der Waals surface area (Å²) in [5, 5.41) is 0. The van der Waals surface area contributed by atoms with Crippen LogP contribution >= 0.6 is 0 Å². The summed E-state index contributed by atoms with van der Waals surface area (Å²) in [4.78, 5) is 16.0. The van der Waals surface area contributed by atoms with Gasteiger partial charge in [0.2, 0.25) is 0 Å². The Morgan fingerprint density at radius 1 is 0.938 bits per heavy atom. The largest absolute Gasteiger partial charge is 0.379 e. The number of piperidine rings is 1. The van der Waals surface area contributed by atoms with E-state index < -0.39 is 0 Å². The second-order valence-electron chi connectivity index (χ2n) is 4.69. The van der Waals surface area contributed by atoms with Gasteiger partial charge in [-0.1, -0.05) is 0 Å². The van der Waals surface area contributed by atoms with Crippen LogP contribution < -0.4 is 0 Å². The number of hydrogen-bond acceptors (Lipinski definition) is 4. The number of carbonyl (C=O) groups excluding carboxylic acids is 1. The van der Waals surface area contributed by atoms with Crippen molar-refractivity contribution in [3.63, 3.8) is 0 Å². The molecule has 2 aliphatic heterocycles. The van der Waals surface area contributed by atoms with Crippen LogP contribution in [0.1, 0.15) is 19.3 Å². The van der Waals surface area contributed by atoms with E-state index in [1.54, 1.807) is 0 Å². The average Bonchev–Trinajstić information content (AvgIpc) is 2.33. The normalized spacial score (nSPS) is 24.9. The molecular formula is C12H22N2O2. The predicted molar refractivity (Wildman–Crippen MR) is 62.6 cm³/mol. The highest BCUT2D eigenvalue weighted by molar-refractivity contribution is 5.79. The fourth-order valence-electron chi connectivity index (χ4n) is 2.37. The lowest BCUT2D eigenvalue weighted by Gasteiger charge is -2.29. The molecule has 0 N–H and O–H groups in total. The third kappa shape index (κ3) is 3.85. The average molecular weight is 226 g/mol. The second-order valence-corrected chi connectivity index (χ2v) is 4.69. The number of ketones is 1. The van der Waals surface area contributed by atoms with Gasteiger partial charge in [0.25, 0.3) is 0 Å². The van der Waals surface area contributed by atoms with Crippen LogP contribution in [0, 0.1) is 0 Å². The maximum atomic E-state index is 11.1. The van der Waals surface area contributed by atoms with Gasteiger partial charge in [-0.3, -0.25) is 9.69 Å². The molecule has 0 aromatic rings. The molecule has 92 valence electrons. The van der Waals surface area contributed by atoms with Gasteiger partial charge in [0, 0.05) is 39.0 Å². The van der Waals surface area contributed by atoms with Gasteiger partial charge in [0.15, 0.2) is 0 Å². The molecule has 2 aliphatic rings. The number of carbonyl (C=O) groups is 1. The summed E-state index contributed by atoms with van der Waals surface area (Å²) >= 11 is 0. The Balaban J connectivity index is 1.55. The van der Waals surface area contributed by atoms with Crippen molar-refractivity contribution in [1.82, 2.24) is 9.80 Å². The Bertz CT molecular complexity index is 217. The van der Waals surface area contributed by atoms with Crippen LogP contribution in [0.15, 0.2) is 0 Å². The number of ether oxygens (including phenoxy) is 1. The van der Waals surface area contributed by atoms with Crippen molar-refractivity contribution >= 4 is 5.78 Å². The summed E-state index contributed by atoms with van der Waals surface area (Å²) in [6.07, 6.45) is 2.74. The molecule has 16 heavy (non-hydrogen) atoms. The summed E-state index contributed by atoms with van der Waals surface area (Å²) in [5.74, 6) is 0.435. The van der Waals surface area contributed by atoms with E-state index in [1.807, 2.05) is 0 Å². The highest BCUT2D eigenvalue weighted by Gasteiger charge is 2.16. The lowest BCUT2D eigenvalue weighted by molar-refractivity contribution is -0.121. The number of nitrogens with zero attached hydrogens (tertiary/aromatic N) is 2. The summed E-state index contributed by atoms with van der Waals surface area (Å²) in [6, 6.07) is 0. The summed E-state index contributed by atoms with van der Waals surface area (Å²) < 4.78 is 5.32. The molecule has 2 saturated heterocycles. The molecular weight excluding hydrogens is 204 g/mol. The van der Waals surface area contributed by atoms with E-state index in [1.165, 1.54) is 13.0 Å². The quantitative estimate of drug-likeness (QED) is 0.693. The molecule has 0 amide bonds. The summed E-state index contributed by atoms with van der Waals surface area (Å²) in [6.45, 7) is 8.20. The zero-order chi connectivity index (χ0) is 11.2.